The number of aromatic nitrogens is 4. The Morgan fingerprint density at radius 3 is 2.65 bits per heavy atom. The molecule has 0 radical (unpaired) electrons. The van der Waals surface area contributed by atoms with Crippen molar-refractivity contribution in [2.75, 3.05) is 6.54 Å². The second-order valence-electron chi connectivity index (χ2n) is 8.69. The maximum Gasteiger partial charge on any atom is 0.167 e. The van der Waals surface area contributed by atoms with Crippen LogP contribution in [0, 0.1) is 5.82 Å². The molecule has 1 aromatic carbocycles. The Kier molecular flexibility index (Phi) is 5.11. The van der Waals surface area contributed by atoms with Gasteiger partial charge in [-0.25, -0.2) is 24.3 Å². The van der Waals surface area contributed by atoms with Crippen LogP contribution in [0.1, 0.15) is 56.3 Å². The number of ether oxygens (including phenoxy) is 1. The molecule has 2 fully saturated rings. The molecule has 0 amide bonds. The summed E-state index contributed by atoms with van der Waals surface area (Å²) in [6, 6.07) is 4.51. The fourth-order valence-electron chi connectivity index (χ4n) is 4.61. The lowest BCUT2D eigenvalue weighted by Crippen LogP contribution is -2.68. The van der Waals surface area contributed by atoms with E-state index in [4.69, 9.17) is 4.74 Å². The number of benzene rings is 1. The van der Waals surface area contributed by atoms with Crippen LogP contribution in [0.3, 0.4) is 0 Å². The van der Waals surface area contributed by atoms with E-state index in [2.05, 4.69) is 30.8 Å². The predicted molar refractivity (Wildman–Crippen MR) is 114 cm³/mol. The smallest absolute Gasteiger partial charge is 0.167 e. The molecule has 1 spiro atoms. The third-order valence-electron chi connectivity index (χ3n) is 6.22. The van der Waals surface area contributed by atoms with Gasteiger partial charge in [0.15, 0.2) is 5.75 Å². The SMILES string of the molecule is CC(C)c1ncncc1-c1cc(F)ccc1Oc1cncnc1C1CCC2(CNN2)C1. The van der Waals surface area contributed by atoms with E-state index in [1.807, 2.05) is 13.8 Å². The second-order valence-corrected chi connectivity index (χ2v) is 8.69. The predicted octanol–water partition coefficient (Wildman–Crippen LogP) is 4.10. The van der Waals surface area contributed by atoms with Gasteiger partial charge in [0.2, 0.25) is 0 Å². The molecule has 7 nitrogen and oxygen atoms in total. The molecule has 2 N–H and O–H groups in total. The van der Waals surface area contributed by atoms with Gasteiger partial charge in [0.05, 0.1) is 17.6 Å². The second kappa shape index (κ2) is 7.94. The van der Waals surface area contributed by atoms with Crippen molar-refractivity contribution in [1.82, 2.24) is 30.8 Å². The summed E-state index contributed by atoms with van der Waals surface area (Å²) in [5.41, 5.74) is 9.78. The molecule has 1 aliphatic heterocycles. The fraction of sp³-hybridized carbons (Fsp3) is 0.391. The molecule has 2 aromatic heterocycles. The summed E-state index contributed by atoms with van der Waals surface area (Å²) in [7, 11) is 0. The highest BCUT2D eigenvalue weighted by atomic mass is 19.1. The van der Waals surface area contributed by atoms with Gasteiger partial charge in [-0.2, -0.15) is 0 Å². The summed E-state index contributed by atoms with van der Waals surface area (Å²) in [6.45, 7) is 5.07. The average molecular weight is 420 g/mol. The Hall–Kier alpha value is -2.97. The zero-order valence-electron chi connectivity index (χ0n) is 17.6. The van der Waals surface area contributed by atoms with Gasteiger partial charge in [-0.15, -0.1) is 0 Å². The molecule has 2 atom stereocenters. The normalized spacial score (nSPS) is 22.6. The van der Waals surface area contributed by atoms with Gasteiger partial charge >= 0.3 is 0 Å². The topological polar surface area (TPSA) is 84.9 Å². The zero-order chi connectivity index (χ0) is 21.4. The minimum absolute atomic E-state index is 0.154. The van der Waals surface area contributed by atoms with E-state index in [0.717, 1.165) is 42.8 Å². The molecule has 1 aliphatic carbocycles. The Bertz CT molecular complexity index is 1100. The van der Waals surface area contributed by atoms with E-state index in [-0.39, 0.29) is 23.2 Å². The highest BCUT2D eigenvalue weighted by molar-refractivity contribution is 5.72. The van der Waals surface area contributed by atoms with Crippen molar-refractivity contribution in [2.24, 2.45) is 0 Å². The number of nitrogens with zero attached hydrogens (tertiary/aromatic N) is 4. The fourth-order valence-corrected chi connectivity index (χ4v) is 4.61. The van der Waals surface area contributed by atoms with Crippen LogP contribution in [0.5, 0.6) is 11.5 Å². The maximum atomic E-state index is 14.2. The Balaban J connectivity index is 1.51. The summed E-state index contributed by atoms with van der Waals surface area (Å²) in [4.78, 5) is 17.3. The van der Waals surface area contributed by atoms with Gasteiger partial charge in [-0.05, 0) is 43.4 Å². The summed E-state index contributed by atoms with van der Waals surface area (Å²) in [6.07, 6.45) is 9.60. The first-order valence-corrected chi connectivity index (χ1v) is 10.6. The van der Waals surface area contributed by atoms with Crippen molar-refractivity contribution in [1.29, 1.82) is 0 Å². The van der Waals surface area contributed by atoms with Gasteiger partial charge in [0, 0.05) is 35.3 Å². The third-order valence-corrected chi connectivity index (χ3v) is 6.22. The average Bonchev–Trinajstić information content (AvgIpc) is 3.22. The lowest BCUT2D eigenvalue weighted by Gasteiger charge is -2.40. The van der Waals surface area contributed by atoms with Gasteiger partial charge < -0.3 is 4.74 Å². The van der Waals surface area contributed by atoms with Crippen molar-refractivity contribution < 1.29 is 9.13 Å². The summed E-state index contributed by atoms with van der Waals surface area (Å²) >= 11 is 0. The molecule has 5 rings (SSSR count). The van der Waals surface area contributed by atoms with Crippen LogP contribution in [0.4, 0.5) is 4.39 Å². The van der Waals surface area contributed by atoms with Gasteiger partial charge in [-0.3, -0.25) is 10.9 Å². The van der Waals surface area contributed by atoms with Gasteiger partial charge in [-0.1, -0.05) is 13.8 Å². The molecule has 0 bridgehead atoms. The number of rotatable bonds is 5. The van der Waals surface area contributed by atoms with Crippen molar-refractivity contribution >= 4 is 0 Å². The molecule has 1 saturated carbocycles. The zero-order valence-corrected chi connectivity index (χ0v) is 17.6. The Labute approximate surface area is 180 Å². The van der Waals surface area contributed by atoms with Gasteiger partial charge in [0.1, 0.15) is 24.2 Å². The van der Waals surface area contributed by atoms with E-state index in [0.29, 0.717) is 17.1 Å². The van der Waals surface area contributed by atoms with Crippen molar-refractivity contribution in [3.63, 3.8) is 0 Å². The maximum absolute atomic E-state index is 14.2. The van der Waals surface area contributed by atoms with Gasteiger partial charge in [0.25, 0.3) is 0 Å². The summed E-state index contributed by atoms with van der Waals surface area (Å²) < 4.78 is 20.6. The molecule has 31 heavy (non-hydrogen) atoms. The van der Waals surface area contributed by atoms with Crippen LogP contribution in [-0.4, -0.2) is 32.0 Å². The molecular weight excluding hydrogens is 395 g/mol. The number of hydrogen-bond acceptors (Lipinski definition) is 7. The van der Waals surface area contributed by atoms with Crippen molar-refractivity contribution in [2.45, 2.75) is 50.5 Å². The van der Waals surface area contributed by atoms with Crippen molar-refractivity contribution in [3.8, 4) is 22.6 Å². The molecule has 160 valence electrons. The number of hydrogen-bond donors (Lipinski definition) is 2. The Morgan fingerprint density at radius 2 is 1.90 bits per heavy atom. The quantitative estimate of drug-likeness (QED) is 0.643. The largest absolute Gasteiger partial charge is 0.453 e. The summed E-state index contributed by atoms with van der Waals surface area (Å²) in [5.74, 6) is 1.23. The number of hydrazine groups is 1. The van der Waals surface area contributed by atoms with Crippen LogP contribution in [0.15, 0.2) is 43.2 Å². The molecule has 3 aromatic rings. The first kappa shape index (κ1) is 20.0. The van der Waals surface area contributed by atoms with Crippen LogP contribution in [0.2, 0.25) is 0 Å². The monoisotopic (exact) mass is 420 g/mol. The van der Waals surface area contributed by atoms with E-state index in [1.165, 1.54) is 18.5 Å². The van der Waals surface area contributed by atoms with E-state index in [1.54, 1.807) is 24.8 Å². The number of nitrogens with one attached hydrogen (secondary N) is 2. The first-order chi connectivity index (χ1) is 15.0. The molecule has 8 heteroatoms. The third kappa shape index (κ3) is 3.77. The highest BCUT2D eigenvalue weighted by Crippen LogP contribution is 2.45. The van der Waals surface area contributed by atoms with E-state index in [9.17, 15) is 4.39 Å². The van der Waals surface area contributed by atoms with E-state index >= 15 is 0 Å². The molecule has 2 unspecified atom stereocenters. The van der Waals surface area contributed by atoms with Crippen LogP contribution >= 0.6 is 0 Å². The lowest BCUT2D eigenvalue weighted by molar-refractivity contribution is 0.165. The van der Waals surface area contributed by atoms with Crippen molar-refractivity contribution in [3.05, 3.63) is 60.5 Å². The van der Waals surface area contributed by atoms with Crippen LogP contribution < -0.4 is 15.6 Å². The molecule has 1 saturated heterocycles. The van der Waals surface area contributed by atoms with E-state index < -0.39 is 0 Å². The first-order valence-electron chi connectivity index (χ1n) is 10.6. The standard InChI is InChI=1S/C23H25FN6O/c1-14(2)21-18(9-25-12-27-21)17-7-16(24)3-4-19(17)31-20-10-26-13-28-22(20)15-5-6-23(8-15)11-29-30-23/h3-4,7,9-10,12-15,29-30H,5-6,8,11H2,1-2H3. The van der Waals surface area contributed by atoms with Crippen LogP contribution in [-0.2, 0) is 0 Å². The molecular formula is C23H25FN6O. The number of halogens is 1. The molecule has 2 aliphatic rings. The minimum atomic E-state index is -0.341. The van der Waals surface area contributed by atoms with Crippen LogP contribution in [0.25, 0.3) is 11.1 Å². The Morgan fingerprint density at radius 1 is 1.10 bits per heavy atom. The highest BCUT2D eigenvalue weighted by Gasteiger charge is 2.45. The lowest BCUT2D eigenvalue weighted by atomic mass is 9.92. The molecule has 3 heterocycles. The minimum Gasteiger partial charge on any atom is -0.453 e. The summed E-state index contributed by atoms with van der Waals surface area (Å²) in [5, 5.41) is 0.